The molecular weight excluding hydrogens is 400 g/mol. The van der Waals surface area contributed by atoms with Crippen molar-refractivity contribution in [2.45, 2.75) is 64.2 Å². The zero-order valence-corrected chi connectivity index (χ0v) is 16.2. The molecular formula is C15H26F6N3O2S+. The van der Waals surface area contributed by atoms with Crippen molar-refractivity contribution < 1.29 is 39.4 Å². The molecule has 0 N–H and O–H groups in total. The van der Waals surface area contributed by atoms with Crippen LogP contribution >= 0.6 is 0 Å². The van der Waals surface area contributed by atoms with Gasteiger partial charge in [0.2, 0.25) is 0 Å². The molecule has 0 saturated heterocycles. The minimum atomic E-state index is -6.62. The highest BCUT2D eigenvalue weighted by molar-refractivity contribution is 7.89. The first-order chi connectivity index (χ1) is 12.3. The first-order valence-electron chi connectivity index (χ1n) is 8.81. The van der Waals surface area contributed by atoms with Crippen LogP contribution in [0, 0.1) is 0 Å². The molecule has 1 rings (SSSR count). The molecule has 0 saturated carbocycles. The van der Waals surface area contributed by atoms with E-state index < -0.39 is 44.1 Å². The Hall–Kier alpha value is -1.01. The van der Waals surface area contributed by atoms with Crippen LogP contribution in [0.4, 0.5) is 26.3 Å². The Labute approximate surface area is 155 Å². The summed E-state index contributed by atoms with van der Waals surface area (Å²) >= 11 is 0. The first kappa shape index (κ1) is 24.0. The summed E-state index contributed by atoms with van der Waals surface area (Å²) in [5.41, 5.74) is -6.05. The smallest absolute Gasteiger partial charge is 0.325 e. The number of quaternary nitrogens is 1. The van der Waals surface area contributed by atoms with Crippen molar-refractivity contribution in [3.05, 3.63) is 12.4 Å². The van der Waals surface area contributed by atoms with Crippen LogP contribution in [-0.2, 0) is 10.0 Å². The Morgan fingerprint density at radius 1 is 1.00 bits per heavy atom. The molecule has 1 atom stereocenters. The van der Waals surface area contributed by atoms with Gasteiger partial charge in [-0.05, 0) is 19.3 Å². The number of hydrogen-bond acceptors (Lipinski definition) is 3. The fourth-order valence-corrected chi connectivity index (χ4v) is 4.06. The van der Waals surface area contributed by atoms with Gasteiger partial charge in [-0.1, -0.05) is 33.1 Å². The van der Waals surface area contributed by atoms with E-state index in [-0.39, 0.29) is 6.42 Å². The van der Waals surface area contributed by atoms with E-state index in [2.05, 4.69) is 0 Å². The van der Waals surface area contributed by atoms with Crippen LogP contribution < -0.4 is 0 Å². The Morgan fingerprint density at radius 3 is 2.07 bits per heavy atom. The second kappa shape index (κ2) is 8.99. The standard InChI is InChI=1S/C15H26F6N3O2S/c1-3-5-7-8-11-24(12-10-22(13-24)9-6-4-2)23(14(16,17)18)27(25,26)15(19,20)21/h10,12H,3-9,11,13H2,1-2H3/q+1. The predicted octanol–water partition coefficient (Wildman–Crippen LogP) is 4.51. The van der Waals surface area contributed by atoms with Crippen LogP contribution in [0.5, 0.6) is 0 Å². The molecule has 5 nitrogen and oxygen atoms in total. The Kier molecular flexibility index (Phi) is 8.00. The third-order valence-electron chi connectivity index (χ3n) is 4.28. The maximum absolute atomic E-state index is 13.6. The van der Waals surface area contributed by atoms with Crippen molar-refractivity contribution in [2.24, 2.45) is 0 Å². The lowest BCUT2D eigenvalue weighted by atomic mass is 10.2. The molecule has 1 heterocycles. The first-order valence-corrected chi connectivity index (χ1v) is 10.2. The average molecular weight is 426 g/mol. The SMILES string of the molecule is CCCCCC[N+]1(N(C(F)(F)F)S(=O)(=O)C(F)(F)F)C=CN(CCCC)C1. The molecule has 0 aromatic heterocycles. The maximum atomic E-state index is 13.6. The van der Waals surface area contributed by atoms with Crippen molar-refractivity contribution in [2.75, 3.05) is 19.8 Å². The molecule has 0 spiro atoms. The van der Waals surface area contributed by atoms with Crippen molar-refractivity contribution in [1.82, 2.24) is 9.31 Å². The highest BCUT2D eigenvalue weighted by Gasteiger charge is 2.68. The minimum absolute atomic E-state index is 0.166. The highest BCUT2D eigenvalue weighted by Crippen LogP contribution is 2.41. The summed E-state index contributed by atoms with van der Waals surface area (Å²) < 4.78 is 101. The molecule has 0 bridgehead atoms. The van der Waals surface area contributed by atoms with Gasteiger partial charge in [-0.15, -0.1) is 0 Å². The van der Waals surface area contributed by atoms with E-state index in [9.17, 15) is 34.8 Å². The molecule has 0 radical (unpaired) electrons. The lowest BCUT2D eigenvalue weighted by Crippen LogP contribution is -2.67. The van der Waals surface area contributed by atoms with E-state index >= 15 is 0 Å². The van der Waals surface area contributed by atoms with E-state index in [4.69, 9.17) is 0 Å². The molecule has 1 aliphatic rings. The van der Waals surface area contributed by atoms with Gasteiger partial charge in [0, 0.05) is 6.54 Å². The van der Waals surface area contributed by atoms with Crippen molar-refractivity contribution in [3.8, 4) is 0 Å². The lowest BCUT2D eigenvalue weighted by Gasteiger charge is -2.40. The normalized spacial score (nSPS) is 21.4. The molecule has 12 heteroatoms. The van der Waals surface area contributed by atoms with Crippen LogP contribution in [0.25, 0.3) is 0 Å². The number of sulfonamides is 1. The Bertz CT molecular complexity index is 606. The highest BCUT2D eigenvalue weighted by atomic mass is 32.2. The second-order valence-electron chi connectivity index (χ2n) is 6.54. The third-order valence-corrected chi connectivity index (χ3v) is 5.85. The topological polar surface area (TPSA) is 40.6 Å². The summed E-state index contributed by atoms with van der Waals surface area (Å²) in [6, 6.07) is 0. The van der Waals surface area contributed by atoms with Crippen LogP contribution in [0.2, 0.25) is 0 Å². The molecule has 0 amide bonds. The van der Waals surface area contributed by atoms with E-state index in [1.54, 1.807) is 0 Å². The quantitative estimate of drug-likeness (QED) is 0.223. The van der Waals surface area contributed by atoms with Crippen LogP contribution in [0.15, 0.2) is 12.4 Å². The molecule has 0 aromatic rings. The van der Waals surface area contributed by atoms with Gasteiger partial charge in [-0.2, -0.15) is 39.4 Å². The zero-order valence-electron chi connectivity index (χ0n) is 15.4. The largest absolute Gasteiger partial charge is 0.519 e. The number of unbranched alkanes of at least 4 members (excludes halogenated alkanes) is 4. The van der Waals surface area contributed by atoms with E-state index in [0.717, 1.165) is 19.0 Å². The number of hydrogen-bond donors (Lipinski definition) is 0. The summed E-state index contributed by atoms with van der Waals surface area (Å²) in [6.45, 7) is 3.17. The van der Waals surface area contributed by atoms with Gasteiger partial charge in [0.15, 0.2) is 6.67 Å². The minimum Gasteiger partial charge on any atom is -0.325 e. The van der Waals surface area contributed by atoms with E-state index in [1.165, 1.54) is 11.1 Å². The van der Waals surface area contributed by atoms with Crippen molar-refractivity contribution >= 4 is 10.0 Å². The van der Waals surface area contributed by atoms with Gasteiger partial charge in [-0.3, -0.25) is 0 Å². The summed E-state index contributed by atoms with van der Waals surface area (Å²) in [4.78, 5) is 1.42. The summed E-state index contributed by atoms with van der Waals surface area (Å²) in [7, 11) is -6.62. The summed E-state index contributed by atoms with van der Waals surface area (Å²) in [5, 5.41) is 0. The zero-order chi connectivity index (χ0) is 20.9. The Morgan fingerprint density at radius 2 is 1.59 bits per heavy atom. The number of nitrogens with zero attached hydrogens (tertiary/aromatic N) is 3. The third kappa shape index (κ3) is 5.74. The van der Waals surface area contributed by atoms with Gasteiger partial charge < -0.3 is 4.90 Å². The van der Waals surface area contributed by atoms with Crippen LogP contribution in [0.1, 0.15) is 52.4 Å². The van der Waals surface area contributed by atoms with Gasteiger partial charge in [0.25, 0.3) is 0 Å². The van der Waals surface area contributed by atoms with Crippen molar-refractivity contribution in [3.63, 3.8) is 0 Å². The molecule has 160 valence electrons. The lowest BCUT2D eigenvalue weighted by molar-refractivity contribution is -0.993. The Balaban J connectivity index is 3.31. The molecule has 0 fully saturated rings. The second-order valence-corrected chi connectivity index (χ2v) is 8.30. The van der Waals surface area contributed by atoms with E-state index in [0.29, 0.717) is 25.8 Å². The molecule has 0 aromatic carbocycles. The van der Waals surface area contributed by atoms with Gasteiger partial charge >= 0.3 is 21.8 Å². The fourth-order valence-electron chi connectivity index (χ4n) is 2.97. The molecule has 1 unspecified atom stereocenters. The monoisotopic (exact) mass is 426 g/mol. The number of rotatable bonds is 10. The predicted molar refractivity (Wildman–Crippen MR) is 87.8 cm³/mol. The van der Waals surface area contributed by atoms with Gasteiger partial charge in [0.05, 0.1) is 10.6 Å². The molecule has 0 aliphatic carbocycles. The molecule has 1 aliphatic heterocycles. The summed E-state index contributed by atoms with van der Waals surface area (Å²) in [6.07, 6.45) is -0.0635. The number of alkyl halides is 6. The van der Waals surface area contributed by atoms with E-state index in [1.807, 2.05) is 13.8 Å². The fraction of sp³-hybridized carbons (Fsp3) is 0.867. The summed E-state index contributed by atoms with van der Waals surface area (Å²) in [5.74, 6) is 0. The average Bonchev–Trinajstić information content (AvgIpc) is 2.90. The van der Waals surface area contributed by atoms with Crippen LogP contribution in [-0.4, -0.2) is 53.9 Å². The van der Waals surface area contributed by atoms with Crippen molar-refractivity contribution in [1.29, 1.82) is 0 Å². The van der Waals surface area contributed by atoms with Gasteiger partial charge in [0.1, 0.15) is 12.7 Å². The van der Waals surface area contributed by atoms with Gasteiger partial charge in [-0.25, -0.2) is 0 Å². The van der Waals surface area contributed by atoms with Crippen LogP contribution in [0.3, 0.4) is 0 Å². The molecule has 27 heavy (non-hydrogen) atoms. The maximum Gasteiger partial charge on any atom is 0.519 e. The number of halogens is 6.